The molecule has 0 aliphatic carbocycles. The van der Waals surface area contributed by atoms with Crippen LogP contribution in [0.15, 0.2) is 12.2 Å². The highest BCUT2D eigenvalue weighted by molar-refractivity contribution is 4.82. The molecular weight excluding hydrogens is 163 g/mol. The van der Waals surface area contributed by atoms with Crippen molar-refractivity contribution in [3.63, 3.8) is 0 Å². The molecule has 0 saturated carbocycles. The fourth-order valence-corrected chi connectivity index (χ4v) is 1.46. The molecule has 0 fully saturated rings. The molecule has 0 nitrogen and oxygen atoms in total. The number of halogens is 1. The van der Waals surface area contributed by atoms with Crippen molar-refractivity contribution >= 4 is 0 Å². The fourth-order valence-electron chi connectivity index (χ4n) is 1.46. The van der Waals surface area contributed by atoms with Crippen LogP contribution in [0.5, 0.6) is 0 Å². The van der Waals surface area contributed by atoms with E-state index in [-0.39, 0.29) is 12.6 Å². The molecule has 0 aromatic carbocycles. The van der Waals surface area contributed by atoms with E-state index < -0.39 is 0 Å². The Kier molecular flexibility index (Phi) is 6.02. The summed E-state index contributed by atoms with van der Waals surface area (Å²) in [5, 5.41) is 0. The van der Waals surface area contributed by atoms with Gasteiger partial charge in [0.1, 0.15) is 0 Å². The summed E-state index contributed by atoms with van der Waals surface area (Å²) in [5.41, 5.74) is 0.290. The zero-order valence-corrected chi connectivity index (χ0v) is 9.44. The van der Waals surface area contributed by atoms with Crippen molar-refractivity contribution in [2.24, 2.45) is 11.3 Å². The zero-order valence-electron chi connectivity index (χ0n) is 9.44. The Labute approximate surface area is 82.2 Å². The second kappa shape index (κ2) is 6.17. The zero-order chi connectivity index (χ0) is 10.3. The lowest BCUT2D eigenvalue weighted by atomic mass is 9.80. The number of rotatable bonds is 6. The molecule has 0 amide bonds. The predicted molar refractivity (Wildman–Crippen MR) is 57.6 cm³/mol. The molecule has 1 atom stereocenters. The van der Waals surface area contributed by atoms with Crippen molar-refractivity contribution in [1.82, 2.24) is 0 Å². The number of alkyl halides is 1. The van der Waals surface area contributed by atoms with Crippen LogP contribution in [-0.4, -0.2) is 6.67 Å². The van der Waals surface area contributed by atoms with Crippen LogP contribution in [0.4, 0.5) is 4.39 Å². The minimum absolute atomic E-state index is 0.187. The monoisotopic (exact) mass is 186 g/mol. The summed E-state index contributed by atoms with van der Waals surface area (Å²) in [6.45, 7) is 8.40. The lowest BCUT2D eigenvalue weighted by molar-refractivity contribution is 0.224. The number of hydrogen-bond donors (Lipinski definition) is 0. The Bertz CT molecular complexity index is 147. The van der Waals surface area contributed by atoms with Gasteiger partial charge in [0, 0.05) is 0 Å². The topological polar surface area (TPSA) is 0 Å². The van der Waals surface area contributed by atoms with Crippen molar-refractivity contribution in [2.75, 3.05) is 6.67 Å². The molecule has 1 heteroatoms. The van der Waals surface area contributed by atoms with E-state index in [1.165, 1.54) is 0 Å². The summed E-state index contributed by atoms with van der Waals surface area (Å²) >= 11 is 0. The molecular formula is C12H23F. The van der Waals surface area contributed by atoms with E-state index in [2.05, 4.69) is 26.8 Å². The number of allylic oxidation sites excluding steroid dienone is 2. The Morgan fingerprint density at radius 1 is 1.38 bits per heavy atom. The Hall–Kier alpha value is -0.330. The molecule has 1 unspecified atom stereocenters. The maximum Gasteiger partial charge on any atom is 0.0925 e. The standard InChI is InChI=1S/C12H23F/c1-5-7-8-11(10-13)9-12(3,4)6-2/h5,7,11H,6,8-10H2,1-4H3/b7-5-. The molecule has 0 N–H and O–H groups in total. The van der Waals surface area contributed by atoms with E-state index in [9.17, 15) is 4.39 Å². The maximum atomic E-state index is 12.6. The highest BCUT2D eigenvalue weighted by atomic mass is 19.1. The maximum absolute atomic E-state index is 12.6. The molecule has 13 heavy (non-hydrogen) atoms. The van der Waals surface area contributed by atoms with E-state index in [0.717, 1.165) is 19.3 Å². The SMILES string of the molecule is C/C=C\CC(CF)CC(C)(C)CC. The van der Waals surface area contributed by atoms with Gasteiger partial charge in [0.15, 0.2) is 0 Å². The Balaban J connectivity index is 3.96. The van der Waals surface area contributed by atoms with E-state index >= 15 is 0 Å². The predicted octanol–water partition coefficient (Wildman–Crippen LogP) is 4.36. The lowest BCUT2D eigenvalue weighted by Crippen LogP contribution is -2.17. The van der Waals surface area contributed by atoms with Crippen LogP contribution < -0.4 is 0 Å². The third-order valence-electron chi connectivity index (χ3n) is 2.72. The quantitative estimate of drug-likeness (QED) is 0.540. The van der Waals surface area contributed by atoms with Crippen LogP contribution in [0, 0.1) is 11.3 Å². The molecule has 0 aliphatic heterocycles. The first-order valence-electron chi connectivity index (χ1n) is 5.23. The summed E-state index contributed by atoms with van der Waals surface area (Å²) in [6.07, 6.45) is 7.07. The van der Waals surface area contributed by atoms with Crippen molar-refractivity contribution in [1.29, 1.82) is 0 Å². The Morgan fingerprint density at radius 3 is 2.38 bits per heavy atom. The van der Waals surface area contributed by atoms with E-state index in [1.54, 1.807) is 0 Å². The third kappa shape index (κ3) is 5.84. The normalized spacial score (nSPS) is 15.2. The summed E-state index contributed by atoms with van der Waals surface area (Å²) in [4.78, 5) is 0. The minimum Gasteiger partial charge on any atom is -0.251 e. The first-order chi connectivity index (χ1) is 6.05. The van der Waals surface area contributed by atoms with Crippen molar-refractivity contribution in [3.8, 4) is 0 Å². The van der Waals surface area contributed by atoms with Gasteiger partial charge in [0.2, 0.25) is 0 Å². The largest absolute Gasteiger partial charge is 0.251 e. The molecule has 78 valence electrons. The molecule has 0 rings (SSSR count). The summed E-state index contributed by atoms with van der Waals surface area (Å²) in [7, 11) is 0. The number of hydrogen-bond acceptors (Lipinski definition) is 0. The third-order valence-corrected chi connectivity index (χ3v) is 2.72. The summed E-state index contributed by atoms with van der Waals surface area (Å²) in [5.74, 6) is 0.214. The average Bonchev–Trinajstić information content (AvgIpc) is 2.12. The fraction of sp³-hybridized carbons (Fsp3) is 0.833. The molecule has 0 aromatic heterocycles. The van der Waals surface area contributed by atoms with Crippen LogP contribution in [0.2, 0.25) is 0 Å². The van der Waals surface area contributed by atoms with E-state index in [4.69, 9.17) is 0 Å². The van der Waals surface area contributed by atoms with Crippen LogP contribution >= 0.6 is 0 Å². The molecule has 0 saturated heterocycles. The minimum atomic E-state index is -0.187. The van der Waals surface area contributed by atoms with Gasteiger partial charge >= 0.3 is 0 Å². The molecule has 0 heterocycles. The average molecular weight is 186 g/mol. The van der Waals surface area contributed by atoms with Gasteiger partial charge in [0.25, 0.3) is 0 Å². The van der Waals surface area contributed by atoms with Crippen molar-refractivity contribution < 1.29 is 4.39 Å². The van der Waals surface area contributed by atoms with Gasteiger partial charge in [-0.2, -0.15) is 0 Å². The van der Waals surface area contributed by atoms with Gasteiger partial charge in [-0.25, -0.2) is 0 Å². The van der Waals surface area contributed by atoms with Crippen molar-refractivity contribution in [2.45, 2.75) is 47.0 Å². The second-order valence-corrected chi connectivity index (χ2v) is 4.55. The van der Waals surface area contributed by atoms with Crippen LogP contribution in [-0.2, 0) is 0 Å². The smallest absolute Gasteiger partial charge is 0.0925 e. The lowest BCUT2D eigenvalue weighted by Gasteiger charge is -2.26. The van der Waals surface area contributed by atoms with Gasteiger partial charge in [-0.05, 0) is 31.1 Å². The second-order valence-electron chi connectivity index (χ2n) is 4.55. The van der Waals surface area contributed by atoms with Crippen LogP contribution in [0.3, 0.4) is 0 Å². The first-order valence-corrected chi connectivity index (χ1v) is 5.23. The highest BCUT2D eigenvalue weighted by Crippen LogP contribution is 2.30. The van der Waals surface area contributed by atoms with Gasteiger partial charge in [-0.1, -0.05) is 39.3 Å². The van der Waals surface area contributed by atoms with Gasteiger partial charge in [-0.15, -0.1) is 0 Å². The molecule has 0 aromatic rings. The van der Waals surface area contributed by atoms with Gasteiger partial charge in [-0.3, -0.25) is 4.39 Å². The van der Waals surface area contributed by atoms with Gasteiger partial charge < -0.3 is 0 Å². The molecule has 0 bridgehead atoms. The molecule has 0 aliphatic rings. The summed E-state index contributed by atoms with van der Waals surface area (Å²) in [6, 6.07) is 0. The first kappa shape index (κ1) is 12.7. The van der Waals surface area contributed by atoms with Gasteiger partial charge in [0.05, 0.1) is 6.67 Å². The Morgan fingerprint density at radius 2 is 2.00 bits per heavy atom. The highest BCUT2D eigenvalue weighted by Gasteiger charge is 2.20. The van der Waals surface area contributed by atoms with Crippen LogP contribution in [0.25, 0.3) is 0 Å². The molecule has 0 spiro atoms. The van der Waals surface area contributed by atoms with E-state index in [0.29, 0.717) is 5.41 Å². The molecule has 0 radical (unpaired) electrons. The van der Waals surface area contributed by atoms with E-state index in [1.807, 2.05) is 13.0 Å². The van der Waals surface area contributed by atoms with Crippen molar-refractivity contribution in [3.05, 3.63) is 12.2 Å². The summed E-state index contributed by atoms with van der Waals surface area (Å²) < 4.78 is 12.6. The van der Waals surface area contributed by atoms with Crippen LogP contribution in [0.1, 0.15) is 47.0 Å².